The standard InChI is InChI=1S/C17H15F3N2O5/c18-17(19,20)12-5-3-11(4-6-12)8-15(24)27-10-14(23)22-16(25)21-9-13-2-1-7-26-13/h1-7H,8-10H2,(H2,21,22,23,25). The Morgan fingerprint density at radius 1 is 1.07 bits per heavy atom. The van der Waals surface area contributed by atoms with E-state index in [0.717, 1.165) is 24.3 Å². The minimum absolute atomic E-state index is 0.0693. The molecule has 0 unspecified atom stereocenters. The molecule has 0 fully saturated rings. The molecule has 0 atom stereocenters. The van der Waals surface area contributed by atoms with E-state index < -0.39 is 36.3 Å². The summed E-state index contributed by atoms with van der Waals surface area (Å²) >= 11 is 0. The van der Waals surface area contributed by atoms with Gasteiger partial charge in [-0.1, -0.05) is 12.1 Å². The SMILES string of the molecule is O=C(COC(=O)Cc1ccc(C(F)(F)F)cc1)NC(=O)NCc1ccco1. The smallest absolute Gasteiger partial charge is 0.416 e. The lowest BCUT2D eigenvalue weighted by Crippen LogP contribution is -2.41. The Hall–Kier alpha value is -3.30. The molecule has 27 heavy (non-hydrogen) atoms. The summed E-state index contributed by atoms with van der Waals surface area (Å²) in [6.07, 6.45) is -3.35. The molecule has 1 heterocycles. The van der Waals surface area contributed by atoms with Crippen molar-refractivity contribution in [2.75, 3.05) is 6.61 Å². The third-order valence-electron chi connectivity index (χ3n) is 3.25. The van der Waals surface area contributed by atoms with Crippen LogP contribution in [0.1, 0.15) is 16.9 Å². The lowest BCUT2D eigenvalue weighted by Gasteiger charge is -2.08. The summed E-state index contributed by atoms with van der Waals surface area (Å²) < 4.78 is 47.0. The second-order valence-electron chi connectivity index (χ2n) is 5.34. The van der Waals surface area contributed by atoms with Gasteiger partial charge in [0.15, 0.2) is 6.61 Å². The maximum atomic E-state index is 12.5. The number of urea groups is 1. The molecule has 3 amide bonds. The first kappa shape index (κ1) is 20.0. The molecule has 144 valence electrons. The number of furan rings is 1. The Labute approximate surface area is 151 Å². The lowest BCUT2D eigenvalue weighted by molar-refractivity contribution is -0.147. The van der Waals surface area contributed by atoms with Gasteiger partial charge in [0.25, 0.3) is 5.91 Å². The van der Waals surface area contributed by atoms with Gasteiger partial charge >= 0.3 is 18.2 Å². The largest absolute Gasteiger partial charge is 0.467 e. The zero-order valence-corrected chi connectivity index (χ0v) is 13.8. The van der Waals surface area contributed by atoms with Crippen LogP contribution in [0, 0.1) is 0 Å². The maximum absolute atomic E-state index is 12.5. The van der Waals surface area contributed by atoms with Gasteiger partial charge in [0.1, 0.15) is 5.76 Å². The molecule has 7 nitrogen and oxygen atoms in total. The van der Waals surface area contributed by atoms with Crippen molar-refractivity contribution >= 4 is 17.9 Å². The fourth-order valence-corrected chi connectivity index (χ4v) is 1.96. The van der Waals surface area contributed by atoms with Gasteiger partial charge in [-0.15, -0.1) is 0 Å². The summed E-state index contributed by atoms with van der Waals surface area (Å²) in [4.78, 5) is 34.6. The molecule has 2 aromatic rings. The van der Waals surface area contributed by atoms with Crippen LogP contribution in [0.5, 0.6) is 0 Å². The zero-order valence-electron chi connectivity index (χ0n) is 13.8. The summed E-state index contributed by atoms with van der Waals surface area (Å²) in [5.41, 5.74) is -0.538. The van der Waals surface area contributed by atoms with E-state index in [1.54, 1.807) is 12.1 Å². The van der Waals surface area contributed by atoms with Gasteiger partial charge in [0.2, 0.25) is 0 Å². The molecule has 1 aromatic heterocycles. The van der Waals surface area contributed by atoms with Crippen LogP contribution in [-0.2, 0) is 33.5 Å². The van der Waals surface area contributed by atoms with E-state index >= 15 is 0 Å². The van der Waals surface area contributed by atoms with E-state index in [4.69, 9.17) is 4.42 Å². The van der Waals surface area contributed by atoms with Crippen molar-refractivity contribution in [3.63, 3.8) is 0 Å². The van der Waals surface area contributed by atoms with Crippen molar-refractivity contribution in [1.82, 2.24) is 10.6 Å². The number of benzene rings is 1. The van der Waals surface area contributed by atoms with Gasteiger partial charge in [0.05, 0.1) is 24.8 Å². The van der Waals surface area contributed by atoms with Crippen LogP contribution in [0.15, 0.2) is 47.1 Å². The van der Waals surface area contributed by atoms with Gasteiger partial charge in [0, 0.05) is 0 Å². The number of rotatable bonds is 6. The number of amides is 3. The number of hydrogen-bond donors (Lipinski definition) is 2. The van der Waals surface area contributed by atoms with Crippen LogP contribution in [0.4, 0.5) is 18.0 Å². The average Bonchev–Trinajstić information content (AvgIpc) is 3.11. The fraction of sp³-hybridized carbons (Fsp3) is 0.235. The Balaban J connectivity index is 1.69. The monoisotopic (exact) mass is 384 g/mol. The zero-order chi connectivity index (χ0) is 19.9. The third kappa shape index (κ3) is 6.84. The molecule has 2 N–H and O–H groups in total. The molecule has 0 aliphatic rings. The molecule has 0 aliphatic carbocycles. The van der Waals surface area contributed by atoms with Crippen LogP contribution in [0.2, 0.25) is 0 Å². The average molecular weight is 384 g/mol. The molecule has 0 bridgehead atoms. The molecule has 10 heteroatoms. The number of imide groups is 1. The topological polar surface area (TPSA) is 97.6 Å². The molecule has 0 saturated carbocycles. The highest BCUT2D eigenvalue weighted by atomic mass is 19.4. The molecule has 2 rings (SSSR count). The van der Waals surface area contributed by atoms with Crippen molar-refractivity contribution in [3.05, 3.63) is 59.5 Å². The Morgan fingerprint density at radius 2 is 1.78 bits per heavy atom. The van der Waals surface area contributed by atoms with Crippen LogP contribution < -0.4 is 10.6 Å². The highest BCUT2D eigenvalue weighted by Gasteiger charge is 2.30. The summed E-state index contributed by atoms with van der Waals surface area (Å²) in [7, 11) is 0. The van der Waals surface area contributed by atoms with E-state index in [1.807, 2.05) is 5.32 Å². The highest BCUT2D eigenvalue weighted by molar-refractivity contribution is 5.95. The van der Waals surface area contributed by atoms with Gasteiger partial charge in [-0.25, -0.2) is 4.79 Å². The number of ether oxygens (including phenoxy) is 1. The second-order valence-corrected chi connectivity index (χ2v) is 5.34. The lowest BCUT2D eigenvalue weighted by atomic mass is 10.1. The van der Waals surface area contributed by atoms with Gasteiger partial charge < -0.3 is 14.5 Å². The first-order valence-corrected chi connectivity index (χ1v) is 7.66. The van der Waals surface area contributed by atoms with E-state index in [2.05, 4.69) is 10.1 Å². The van der Waals surface area contributed by atoms with Crippen molar-refractivity contribution in [2.45, 2.75) is 19.1 Å². The first-order chi connectivity index (χ1) is 12.7. The number of carbonyl (C=O) groups excluding carboxylic acids is 3. The van der Waals surface area contributed by atoms with E-state index in [9.17, 15) is 27.6 Å². The van der Waals surface area contributed by atoms with Crippen LogP contribution in [-0.4, -0.2) is 24.5 Å². The molecule has 0 radical (unpaired) electrons. The van der Waals surface area contributed by atoms with Crippen LogP contribution in [0.3, 0.4) is 0 Å². The van der Waals surface area contributed by atoms with Crippen molar-refractivity contribution in [3.8, 4) is 0 Å². The number of hydrogen-bond acceptors (Lipinski definition) is 5. The predicted octanol–water partition coefficient (Wildman–Crippen LogP) is 2.41. The molecular weight excluding hydrogens is 369 g/mol. The molecular formula is C17H15F3N2O5. The highest BCUT2D eigenvalue weighted by Crippen LogP contribution is 2.29. The predicted molar refractivity (Wildman–Crippen MR) is 85.2 cm³/mol. The summed E-state index contributed by atoms with van der Waals surface area (Å²) in [6, 6.07) is 6.45. The number of nitrogens with one attached hydrogen (secondary N) is 2. The fourth-order valence-electron chi connectivity index (χ4n) is 1.96. The maximum Gasteiger partial charge on any atom is 0.416 e. The molecule has 0 spiro atoms. The van der Waals surface area contributed by atoms with E-state index in [-0.39, 0.29) is 13.0 Å². The van der Waals surface area contributed by atoms with Crippen molar-refractivity contribution in [1.29, 1.82) is 0 Å². The van der Waals surface area contributed by atoms with Crippen molar-refractivity contribution in [2.24, 2.45) is 0 Å². The Morgan fingerprint density at radius 3 is 2.37 bits per heavy atom. The van der Waals surface area contributed by atoms with Crippen LogP contribution >= 0.6 is 0 Å². The normalized spacial score (nSPS) is 10.9. The number of carbonyl (C=O) groups is 3. The number of esters is 1. The van der Waals surface area contributed by atoms with Crippen molar-refractivity contribution < 1.29 is 36.7 Å². The third-order valence-corrected chi connectivity index (χ3v) is 3.25. The van der Waals surface area contributed by atoms with Gasteiger partial charge in [-0.3, -0.25) is 14.9 Å². The minimum atomic E-state index is -4.46. The number of halogens is 3. The molecule has 1 aromatic carbocycles. The molecule has 0 saturated heterocycles. The van der Waals surface area contributed by atoms with E-state index in [0.29, 0.717) is 11.3 Å². The molecule has 0 aliphatic heterocycles. The first-order valence-electron chi connectivity index (χ1n) is 7.66. The quantitative estimate of drug-likeness (QED) is 0.746. The van der Waals surface area contributed by atoms with Crippen LogP contribution in [0.25, 0.3) is 0 Å². The summed E-state index contributed by atoms with van der Waals surface area (Å²) in [5, 5.41) is 4.32. The van der Waals surface area contributed by atoms with Gasteiger partial charge in [-0.05, 0) is 29.8 Å². The summed E-state index contributed by atoms with van der Waals surface area (Å²) in [6.45, 7) is -0.631. The Bertz CT molecular complexity index is 786. The second kappa shape index (κ2) is 8.88. The number of alkyl halides is 3. The van der Waals surface area contributed by atoms with E-state index in [1.165, 1.54) is 6.26 Å². The summed E-state index contributed by atoms with van der Waals surface area (Å²) in [5.74, 6) is -1.19. The van der Waals surface area contributed by atoms with Gasteiger partial charge in [-0.2, -0.15) is 13.2 Å². The Kier molecular flexibility index (Phi) is 6.58. The minimum Gasteiger partial charge on any atom is -0.467 e.